The van der Waals surface area contributed by atoms with Crippen LogP contribution in [0.3, 0.4) is 0 Å². The van der Waals surface area contributed by atoms with Crippen molar-refractivity contribution in [2.24, 2.45) is 0 Å². The van der Waals surface area contributed by atoms with Gasteiger partial charge in [-0.25, -0.2) is 0 Å². The van der Waals surface area contributed by atoms with Crippen LogP contribution in [0.1, 0.15) is 18.9 Å². The van der Waals surface area contributed by atoms with Crippen LogP contribution in [0.4, 0.5) is 5.69 Å². The molecule has 0 fully saturated rings. The highest BCUT2D eigenvalue weighted by molar-refractivity contribution is 5.42. The van der Waals surface area contributed by atoms with Gasteiger partial charge in [-0.1, -0.05) is 0 Å². The van der Waals surface area contributed by atoms with E-state index in [1.807, 2.05) is 6.92 Å². The quantitative estimate of drug-likeness (QED) is 0.475. The van der Waals surface area contributed by atoms with Gasteiger partial charge in [-0.2, -0.15) is 0 Å². The van der Waals surface area contributed by atoms with Gasteiger partial charge in [-0.15, -0.1) is 12.3 Å². The fraction of sp³-hybridized carbons (Fsp3) is 0.385. The van der Waals surface area contributed by atoms with Crippen molar-refractivity contribution < 1.29 is 9.66 Å². The van der Waals surface area contributed by atoms with Crippen LogP contribution in [-0.2, 0) is 6.54 Å². The lowest BCUT2D eigenvalue weighted by atomic mass is 10.1. The van der Waals surface area contributed by atoms with Crippen LogP contribution in [0.15, 0.2) is 18.2 Å². The Hall–Kier alpha value is -2.06. The molecule has 5 heteroatoms. The zero-order chi connectivity index (χ0) is 13.5. The first-order valence-corrected chi connectivity index (χ1v) is 5.56. The largest absolute Gasteiger partial charge is 0.496 e. The zero-order valence-corrected chi connectivity index (χ0v) is 10.5. The second kappa shape index (κ2) is 6.62. The maximum Gasteiger partial charge on any atom is 0.273 e. The number of nitrogens with zero attached hydrogens (tertiary/aromatic N) is 1. The molecule has 1 aromatic carbocycles. The number of rotatable bonds is 6. The van der Waals surface area contributed by atoms with Crippen molar-refractivity contribution in [3.63, 3.8) is 0 Å². The van der Waals surface area contributed by atoms with Gasteiger partial charge >= 0.3 is 0 Å². The van der Waals surface area contributed by atoms with E-state index in [1.54, 1.807) is 6.07 Å². The molecule has 1 rings (SSSR count). The molecule has 96 valence electrons. The number of hydrogen-bond donors (Lipinski definition) is 1. The molecule has 1 unspecified atom stereocenters. The predicted octanol–water partition coefficient (Wildman–Crippen LogP) is 2.10. The van der Waals surface area contributed by atoms with Gasteiger partial charge < -0.3 is 10.1 Å². The van der Waals surface area contributed by atoms with Gasteiger partial charge in [0, 0.05) is 25.1 Å². The van der Waals surface area contributed by atoms with Crippen molar-refractivity contribution >= 4 is 5.69 Å². The van der Waals surface area contributed by atoms with Crippen molar-refractivity contribution in [1.82, 2.24) is 5.32 Å². The molecule has 1 N–H and O–H groups in total. The van der Waals surface area contributed by atoms with E-state index in [1.165, 1.54) is 19.2 Å². The Bertz CT molecular complexity index is 466. The number of terminal acetylenes is 1. The van der Waals surface area contributed by atoms with Crippen molar-refractivity contribution in [2.45, 2.75) is 25.9 Å². The monoisotopic (exact) mass is 248 g/mol. The minimum Gasteiger partial charge on any atom is -0.496 e. The number of non-ortho nitro benzene ring substituents is 1. The Morgan fingerprint density at radius 2 is 2.28 bits per heavy atom. The van der Waals surface area contributed by atoms with E-state index in [0.29, 0.717) is 18.7 Å². The van der Waals surface area contributed by atoms with Crippen molar-refractivity contribution in [3.8, 4) is 18.1 Å². The minimum atomic E-state index is -0.434. The molecule has 0 aliphatic heterocycles. The van der Waals surface area contributed by atoms with E-state index in [0.717, 1.165) is 5.56 Å². The predicted molar refractivity (Wildman–Crippen MR) is 69.4 cm³/mol. The molecule has 0 bridgehead atoms. The van der Waals surface area contributed by atoms with Gasteiger partial charge in [0.2, 0.25) is 0 Å². The summed E-state index contributed by atoms with van der Waals surface area (Å²) in [5.41, 5.74) is 0.820. The van der Waals surface area contributed by atoms with Crippen molar-refractivity contribution in [3.05, 3.63) is 33.9 Å². The van der Waals surface area contributed by atoms with Gasteiger partial charge in [0.25, 0.3) is 5.69 Å². The number of nitrogens with one attached hydrogen (secondary N) is 1. The van der Waals surface area contributed by atoms with Crippen LogP contribution < -0.4 is 10.1 Å². The molecule has 0 aliphatic rings. The van der Waals surface area contributed by atoms with Crippen LogP contribution in [0.2, 0.25) is 0 Å². The summed E-state index contributed by atoms with van der Waals surface area (Å²) in [5, 5.41) is 14.0. The SMILES string of the molecule is C#CCC(C)NCc1cc(OC)cc([N+](=O)[O-])c1. The summed E-state index contributed by atoms with van der Waals surface area (Å²) in [6.07, 6.45) is 5.83. The standard InChI is InChI=1S/C13H16N2O3/c1-4-5-10(2)14-9-11-6-12(15(16)17)8-13(7-11)18-3/h1,6-8,10,14H,5,9H2,2-3H3. The van der Waals surface area contributed by atoms with E-state index in [2.05, 4.69) is 11.2 Å². The van der Waals surface area contributed by atoms with Crippen molar-refractivity contribution in [1.29, 1.82) is 0 Å². The van der Waals surface area contributed by atoms with Gasteiger partial charge in [0.1, 0.15) is 5.75 Å². The average molecular weight is 248 g/mol. The molecule has 0 heterocycles. The lowest BCUT2D eigenvalue weighted by Crippen LogP contribution is -2.24. The number of methoxy groups -OCH3 is 1. The van der Waals surface area contributed by atoms with Crippen LogP contribution in [0.25, 0.3) is 0 Å². The molecule has 0 radical (unpaired) electrons. The van der Waals surface area contributed by atoms with Crippen LogP contribution in [-0.4, -0.2) is 18.1 Å². The summed E-state index contributed by atoms with van der Waals surface area (Å²) in [6, 6.07) is 4.86. The first-order chi connectivity index (χ1) is 8.56. The summed E-state index contributed by atoms with van der Waals surface area (Å²) in [4.78, 5) is 10.3. The molecule has 1 atom stereocenters. The number of nitro groups is 1. The van der Waals surface area contributed by atoms with E-state index >= 15 is 0 Å². The first-order valence-electron chi connectivity index (χ1n) is 5.56. The highest BCUT2D eigenvalue weighted by Gasteiger charge is 2.10. The molecule has 0 aromatic heterocycles. The molecule has 18 heavy (non-hydrogen) atoms. The number of benzene rings is 1. The Labute approximate surface area is 106 Å². The maximum absolute atomic E-state index is 10.8. The van der Waals surface area contributed by atoms with E-state index in [-0.39, 0.29) is 11.7 Å². The van der Waals surface area contributed by atoms with Crippen LogP contribution >= 0.6 is 0 Å². The summed E-state index contributed by atoms with van der Waals surface area (Å²) in [6.45, 7) is 2.48. The summed E-state index contributed by atoms with van der Waals surface area (Å²) in [7, 11) is 1.48. The number of ether oxygens (including phenoxy) is 1. The molecular formula is C13H16N2O3. The highest BCUT2D eigenvalue weighted by Crippen LogP contribution is 2.22. The Kier molecular flexibility index (Phi) is 5.15. The maximum atomic E-state index is 10.8. The molecule has 0 saturated carbocycles. The fourth-order valence-electron chi connectivity index (χ4n) is 1.51. The summed E-state index contributed by atoms with van der Waals surface area (Å²) < 4.78 is 5.04. The summed E-state index contributed by atoms with van der Waals surface area (Å²) >= 11 is 0. The second-order valence-electron chi connectivity index (χ2n) is 3.99. The highest BCUT2D eigenvalue weighted by atomic mass is 16.6. The molecule has 1 aromatic rings. The van der Waals surface area contributed by atoms with E-state index in [4.69, 9.17) is 11.2 Å². The van der Waals surface area contributed by atoms with Crippen LogP contribution in [0.5, 0.6) is 5.75 Å². The van der Waals surface area contributed by atoms with E-state index < -0.39 is 4.92 Å². The molecule has 0 aliphatic carbocycles. The summed E-state index contributed by atoms with van der Waals surface area (Å²) in [5.74, 6) is 3.04. The second-order valence-corrected chi connectivity index (χ2v) is 3.99. The van der Waals surface area contributed by atoms with Gasteiger partial charge in [0.15, 0.2) is 0 Å². The molecule has 0 spiro atoms. The fourth-order valence-corrected chi connectivity index (χ4v) is 1.51. The van der Waals surface area contributed by atoms with Crippen molar-refractivity contribution in [2.75, 3.05) is 7.11 Å². The minimum absolute atomic E-state index is 0.0238. The third-order valence-electron chi connectivity index (χ3n) is 2.48. The third-order valence-corrected chi connectivity index (χ3v) is 2.48. The normalized spacial score (nSPS) is 11.6. The number of hydrogen-bond acceptors (Lipinski definition) is 4. The Morgan fingerprint density at radius 3 is 2.83 bits per heavy atom. The Morgan fingerprint density at radius 1 is 1.56 bits per heavy atom. The third kappa shape index (κ3) is 4.07. The van der Waals surface area contributed by atoms with Gasteiger partial charge in [-0.3, -0.25) is 10.1 Å². The van der Waals surface area contributed by atoms with Gasteiger partial charge in [-0.05, 0) is 18.6 Å². The lowest BCUT2D eigenvalue weighted by Gasteiger charge is -2.11. The molecule has 5 nitrogen and oxygen atoms in total. The van der Waals surface area contributed by atoms with Gasteiger partial charge in [0.05, 0.1) is 18.1 Å². The smallest absolute Gasteiger partial charge is 0.273 e. The number of nitro benzene ring substituents is 1. The topological polar surface area (TPSA) is 64.4 Å². The lowest BCUT2D eigenvalue weighted by molar-refractivity contribution is -0.385. The first kappa shape index (κ1) is 14.0. The van der Waals surface area contributed by atoms with Crippen LogP contribution in [0, 0.1) is 22.5 Å². The zero-order valence-electron chi connectivity index (χ0n) is 10.5. The molecular weight excluding hydrogens is 232 g/mol. The molecule has 0 saturated heterocycles. The average Bonchev–Trinajstić information content (AvgIpc) is 2.36. The Balaban J connectivity index is 2.79. The molecule has 0 amide bonds. The van der Waals surface area contributed by atoms with E-state index in [9.17, 15) is 10.1 Å².